The lowest BCUT2D eigenvalue weighted by molar-refractivity contribution is 0.0704. The van der Waals surface area contributed by atoms with Gasteiger partial charge in [-0.1, -0.05) is 18.2 Å². The van der Waals surface area contributed by atoms with Gasteiger partial charge in [-0.15, -0.1) is 0 Å². The van der Waals surface area contributed by atoms with Crippen molar-refractivity contribution in [3.63, 3.8) is 0 Å². The number of anilines is 1. The van der Waals surface area contributed by atoms with Crippen molar-refractivity contribution in [2.75, 3.05) is 18.5 Å². The molecule has 1 aromatic carbocycles. The number of likely N-dealkylation sites (tertiary alicyclic amines) is 1. The van der Waals surface area contributed by atoms with E-state index in [9.17, 15) is 4.79 Å². The predicted molar refractivity (Wildman–Crippen MR) is 110 cm³/mol. The van der Waals surface area contributed by atoms with E-state index in [0.717, 1.165) is 24.2 Å². The fourth-order valence-corrected chi connectivity index (χ4v) is 4.85. The van der Waals surface area contributed by atoms with Crippen molar-refractivity contribution in [1.29, 1.82) is 0 Å². The van der Waals surface area contributed by atoms with Crippen LogP contribution in [-0.2, 0) is 6.54 Å². The van der Waals surface area contributed by atoms with Crippen LogP contribution in [-0.4, -0.2) is 40.4 Å². The van der Waals surface area contributed by atoms with Crippen molar-refractivity contribution in [1.82, 2.24) is 14.9 Å². The number of fused-ring (bicyclic) bond motifs is 3. The Kier molecular flexibility index (Phi) is 4.23. The fraction of sp³-hybridized carbons (Fsp3) is 0.348. The zero-order valence-electron chi connectivity index (χ0n) is 16.1. The molecule has 5 nitrogen and oxygen atoms in total. The Morgan fingerprint density at radius 2 is 2.11 bits per heavy atom. The normalized spacial score (nSPS) is 20.7. The van der Waals surface area contributed by atoms with Gasteiger partial charge in [-0.25, -0.2) is 4.98 Å². The molecule has 0 radical (unpaired) electrons. The van der Waals surface area contributed by atoms with Gasteiger partial charge in [0, 0.05) is 50.2 Å². The number of hydrogen-bond donors (Lipinski definition) is 0. The van der Waals surface area contributed by atoms with Crippen molar-refractivity contribution in [3.05, 3.63) is 66.1 Å². The number of aromatic nitrogens is 2. The quantitative estimate of drug-likeness (QED) is 0.697. The van der Waals surface area contributed by atoms with Gasteiger partial charge < -0.3 is 9.80 Å². The molecule has 5 rings (SSSR count). The second-order valence-electron chi connectivity index (χ2n) is 8.03. The topological polar surface area (TPSA) is 49.3 Å². The second kappa shape index (κ2) is 6.89. The molecule has 1 saturated heterocycles. The highest BCUT2D eigenvalue weighted by Crippen LogP contribution is 2.38. The maximum Gasteiger partial charge on any atom is 0.257 e. The minimum absolute atomic E-state index is 0.129. The van der Waals surface area contributed by atoms with E-state index in [1.165, 1.54) is 23.8 Å². The first-order chi connectivity index (χ1) is 13.7. The van der Waals surface area contributed by atoms with E-state index in [-0.39, 0.29) is 5.91 Å². The molecule has 1 aliphatic heterocycles. The van der Waals surface area contributed by atoms with Crippen molar-refractivity contribution < 1.29 is 4.79 Å². The van der Waals surface area contributed by atoms with Gasteiger partial charge in [0.15, 0.2) is 0 Å². The second-order valence-corrected chi connectivity index (χ2v) is 8.03. The van der Waals surface area contributed by atoms with Crippen LogP contribution in [0.3, 0.4) is 0 Å². The van der Waals surface area contributed by atoms with Crippen LogP contribution in [0, 0.1) is 5.92 Å². The zero-order chi connectivity index (χ0) is 19.1. The number of nitrogens with zero attached hydrogens (tertiary/aromatic N) is 4. The van der Waals surface area contributed by atoms with Gasteiger partial charge in [-0.05, 0) is 54.3 Å². The number of benzene rings is 1. The first-order valence-corrected chi connectivity index (χ1v) is 9.99. The molecule has 0 unspecified atom stereocenters. The molecule has 3 heterocycles. The van der Waals surface area contributed by atoms with Gasteiger partial charge in [0.25, 0.3) is 5.91 Å². The number of carbonyl (C=O) groups is 1. The Bertz CT molecular complexity index is 1030. The number of carbonyl (C=O) groups excluding carboxylic acids is 1. The first-order valence-electron chi connectivity index (χ1n) is 9.99. The van der Waals surface area contributed by atoms with E-state index < -0.39 is 0 Å². The summed E-state index contributed by atoms with van der Waals surface area (Å²) < 4.78 is 0. The van der Waals surface area contributed by atoms with E-state index in [1.54, 1.807) is 6.20 Å². The molecule has 28 heavy (non-hydrogen) atoms. The first kappa shape index (κ1) is 17.2. The van der Waals surface area contributed by atoms with Gasteiger partial charge in [0.05, 0.1) is 5.56 Å². The largest absolute Gasteiger partial charge is 0.355 e. The third-order valence-corrected chi connectivity index (χ3v) is 6.23. The fourth-order valence-electron chi connectivity index (χ4n) is 4.85. The molecular weight excluding hydrogens is 348 g/mol. The van der Waals surface area contributed by atoms with Crippen LogP contribution >= 0.6 is 0 Å². The number of hydrogen-bond acceptors (Lipinski definition) is 4. The summed E-state index contributed by atoms with van der Waals surface area (Å²) in [5.41, 5.74) is 1.91. The minimum atomic E-state index is 0.129. The summed E-state index contributed by atoms with van der Waals surface area (Å²) in [4.78, 5) is 26.2. The summed E-state index contributed by atoms with van der Waals surface area (Å²) >= 11 is 0. The molecular formula is C23H24N4O. The van der Waals surface area contributed by atoms with Crippen LogP contribution in [0.15, 0.2) is 55.0 Å². The summed E-state index contributed by atoms with van der Waals surface area (Å²) in [6.07, 6.45) is 9.06. The monoisotopic (exact) mass is 372 g/mol. The van der Waals surface area contributed by atoms with Crippen LogP contribution < -0.4 is 4.90 Å². The highest BCUT2D eigenvalue weighted by molar-refractivity contribution is 5.99. The third-order valence-electron chi connectivity index (χ3n) is 6.23. The maximum atomic E-state index is 13.3. The van der Waals surface area contributed by atoms with Gasteiger partial charge in [-0.2, -0.15) is 0 Å². The lowest BCUT2D eigenvalue weighted by Crippen LogP contribution is -2.38. The molecule has 1 amide bonds. The summed E-state index contributed by atoms with van der Waals surface area (Å²) in [5, 5.41) is 2.31. The SMILES string of the molecule is CN(Cc1cccc2cnccc12)c1ncccc1C(=O)N1C[C@H]2CC[C@@H]1C2. The van der Waals surface area contributed by atoms with Gasteiger partial charge in [-0.3, -0.25) is 9.78 Å². The Hall–Kier alpha value is -2.95. The smallest absolute Gasteiger partial charge is 0.257 e. The standard InChI is InChI=1S/C23H24N4O/c1-26(15-18-5-2-4-17-13-24-11-9-20(17)18)22-21(6-3-10-25-22)23(28)27-14-16-7-8-19(27)12-16/h2-6,9-11,13,16,19H,7-8,12,14-15H2,1H3/t16-,19+/m0/s1. The maximum absolute atomic E-state index is 13.3. The lowest BCUT2D eigenvalue weighted by atomic mass is 10.1. The van der Waals surface area contributed by atoms with E-state index in [1.807, 2.05) is 37.6 Å². The van der Waals surface area contributed by atoms with Gasteiger partial charge in [0.2, 0.25) is 0 Å². The molecule has 5 heteroatoms. The molecule has 1 aliphatic carbocycles. The molecule has 3 aromatic rings. The average molecular weight is 372 g/mol. The summed E-state index contributed by atoms with van der Waals surface area (Å²) in [6, 6.07) is 12.5. The Morgan fingerprint density at radius 1 is 1.18 bits per heavy atom. The molecule has 142 valence electrons. The molecule has 1 saturated carbocycles. The average Bonchev–Trinajstić information content (AvgIpc) is 3.37. The zero-order valence-corrected chi connectivity index (χ0v) is 16.1. The number of amides is 1. The van der Waals surface area contributed by atoms with E-state index in [2.05, 4.69) is 38.0 Å². The minimum Gasteiger partial charge on any atom is -0.355 e. The van der Waals surface area contributed by atoms with Crippen LogP contribution in [0.2, 0.25) is 0 Å². The van der Waals surface area contributed by atoms with Crippen molar-refractivity contribution in [3.8, 4) is 0 Å². The molecule has 2 aliphatic rings. The predicted octanol–water partition coefficient (Wildman–Crippen LogP) is 3.89. The number of piperidine rings is 1. The Morgan fingerprint density at radius 3 is 2.93 bits per heavy atom. The van der Waals surface area contributed by atoms with Gasteiger partial charge in [0.1, 0.15) is 5.82 Å². The molecule has 2 bridgehead atoms. The van der Waals surface area contributed by atoms with Crippen LogP contribution in [0.25, 0.3) is 10.8 Å². The number of rotatable bonds is 4. The number of pyridine rings is 2. The van der Waals surface area contributed by atoms with E-state index in [0.29, 0.717) is 24.1 Å². The molecule has 2 fully saturated rings. The summed E-state index contributed by atoms with van der Waals surface area (Å²) in [7, 11) is 2.01. The highest BCUT2D eigenvalue weighted by atomic mass is 16.2. The molecule has 0 N–H and O–H groups in total. The van der Waals surface area contributed by atoms with Crippen LogP contribution in [0.4, 0.5) is 5.82 Å². The van der Waals surface area contributed by atoms with E-state index >= 15 is 0 Å². The third kappa shape index (κ3) is 2.91. The molecule has 0 spiro atoms. The molecule has 2 aromatic heterocycles. The van der Waals surface area contributed by atoms with E-state index in [4.69, 9.17) is 0 Å². The summed E-state index contributed by atoms with van der Waals surface area (Å²) in [5.74, 6) is 1.57. The molecule has 2 atom stereocenters. The Labute approximate surface area is 165 Å². The van der Waals surface area contributed by atoms with Crippen molar-refractivity contribution in [2.45, 2.75) is 31.8 Å². The van der Waals surface area contributed by atoms with Crippen molar-refractivity contribution >= 4 is 22.5 Å². The van der Waals surface area contributed by atoms with Crippen LogP contribution in [0.1, 0.15) is 35.2 Å². The lowest BCUT2D eigenvalue weighted by Gasteiger charge is -2.29. The summed E-state index contributed by atoms with van der Waals surface area (Å²) in [6.45, 7) is 1.59. The van der Waals surface area contributed by atoms with Crippen molar-refractivity contribution in [2.24, 2.45) is 5.92 Å². The van der Waals surface area contributed by atoms with Gasteiger partial charge >= 0.3 is 0 Å². The Balaban J connectivity index is 1.44. The highest BCUT2D eigenvalue weighted by Gasteiger charge is 2.41. The van der Waals surface area contributed by atoms with Crippen LogP contribution in [0.5, 0.6) is 0 Å².